The zero-order chi connectivity index (χ0) is 31.9. The zero-order valence-corrected chi connectivity index (χ0v) is 26.0. The number of fused-ring (bicyclic) bond motifs is 4. The third-order valence-corrected chi connectivity index (χ3v) is 9.03. The van der Waals surface area contributed by atoms with E-state index >= 15 is 0 Å². The van der Waals surface area contributed by atoms with Crippen LogP contribution >= 0.6 is 0 Å². The summed E-state index contributed by atoms with van der Waals surface area (Å²) < 4.78 is 0. The molecule has 3 heterocycles. The van der Waals surface area contributed by atoms with Gasteiger partial charge >= 0.3 is 0 Å². The molecule has 0 aliphatic carbocycles. The van der Waals surface area contributed by atoms with Gasteiger partial charge in [0.25, 0.3) is 0 Å². The first kappa shape index (κ1) is 27.8. The third kappa shape index (κ3) is 5.06. The molecule has 0 saturated heterocycles. The third-order valence-electron chi connectivity index (χ3n) is 9.03. The van der Waals surface area contributed by atoms with Gasteiger partial charge in [0.05, 0.1) is 16.9 Å². The van der Waals surface area contributed by atoms with Gasteiger partial charge in [0.15, 0.2) is 5.82 Å². The molecule has 4 nitrogen and oxygen atoms in total. The van der Waals surface area contributed by atoms with Crippen LogP contribution < -0.4 is 0 Å². The van der Waals surface area contributed by atoms with Gasteiger partial charge in [-0.05, 0) is 62.5 Å². The largest absolute Gasteiger partial charge is 0.264 e. The lowest BCUT2D eigenvalue weighted by atomic mass is 9.98. The molecule has 0 aliphatic heterocycles. The Hall–Kier alpha value is -6.52. The molecule has 3 aromatic heterocycles. The second-order valence-corrected chi connectivity index (χ2v) is 12.0. The van der Waals surface area contributed by atoms with Crippen LogP contribution in [0.3, 0.4) is 0 Å². The lowest BCUT2D eigenvalue weighted by molar-refractivity contribution is 1.18. The van der Waals surface area contributed by atoms with Crippen molar-refractivity contribution in [1.82, 2.24) is 19.9 Å². The Morgan fingerprint density at radius 1 is 0.375 bits per heavy atom. The molecule has 0 saturated carbocycles. The predicted octanol–water partition coefficient (Wildman–Crippen LogP) is 11.1. The van der Waals surface area contributed by atoms with Crippen LogP contribution in [0.5, 0.6) is 0 Å². The standard InChI is InChI=1S/C44H28N4/c1-2-10-38-30(6-1)16-21-35-26-36(22-23-39(35)38)44-47-41(32-17-12-29(13-18-32)37-9-4-24-45-28-37)27-42(48-44)33-19-14-31(15-20-33)40-11-3-7-34-8-5-25-46-43(34)40/h1-28H. The topological polar surface area (TPSA) is 51.6 Å². The van der Waals surface area contributed by atoms with Crippen LogP contribution in [0.25, 0.3) is 88.6 Å². The summed E-state index contributed by atoms with van der Waals surface area (Å²) in [4.78, 5) is 19.2. The minimum atomic E-state index is 0.691. The summed E-state index contributed by atoms with van der Waals surface area (Å²) in [5, 5.41) is 5.98. The first-order valence-electron chi connectivity index (χ1n) is 16.0. The Morgan fingerprint density at radius 3 is 1.81 bits per heavy atom. The maximum Gasteiger partial charge on any atom is 0.160 e. The number of nitrogens with zero attached hydrogens (tertiary/aromatic N) is 4. The van der Waals surface area contributed by atoms with Gasteiger partial charge in [0.2, 0.25) is 0 Å². The normalized spacial score (nSPS) is 11.3. The van der Waals surface area contributed by atoms with Crippen molar-refractivity contribution in [2.24, 2.45) is 0 Å². The molecule has 0 amide bonds. The van der Waals surface area contributed by atoms with Gasteiger partial charge in [-0.15, -0.1) is 0 Å². The van der Waals surface area contributed by atoms with Gasteiger partial charge in [-0.1, -0.05) is 127 Å². The summed E-state index contributed by atoms with van der Waals surface area (Å²) in [6.07, 6.45) is 5.53. The molecular formula is C44H28N4. The highest BCUT2D eigenvalue weighted by Gasteiger charge is 2.13. The minimum absolute atomic E-state index is 0.691. The van der Waals surface area contributed by atoms with E-state index in [1.54, 1.807) is 6.20 Å². The fourth-order valence-electron chi connectivity index (χ4n) is 6.55. The molecule has 0 bridgehead atoms. The molecule has 9 rings (SSSR count). The summed E-state index contributed by atoms with van der Waals surface area (Å²) in [6.45, 7) is 0. The van der Waals surface area contributed by atoms with E-state index in [0.717, 1.165) is 66.6 Å². The molecule has 0 radical (unpaired) electrons. The van der Waals surface area contributed by atoms with Crippen LogP contribution in [-0.4, -0.2) is 19.9 Å². The van der Waals surface area contributed by atoms with Crippen molar-refractivity contribution >= 4 is 32.4 Å². The fraction of sp³-hybridized carbons (Fsp3) is 0. The summed E-state index contributed by atoms with van der Waals surface area (Å²) in [5.41, 5.74) is 10.2. The first-order chi connectivity index (χ1) is 23.8. The predicted molar refractivity (Wildman–Crippen MR) is 197 cm³/mol. The molecule has 9 aromatic rings. The highest BCUT2D eigenvalue weighted by atomic mass is 14.9. The molecule has 48 heavy (non-hydrogen) atoms. The Morgan fingerprint density at radius 2 is 1.02 bits per heavy atom. The molecule has 0 spiro atoms. The van der Waals surface area contributed by atoms with E-state index in [4.69, 9.17) is 9.97 Å². The zero-order valence-electron chi connectivity index (χ0n) is 26.0. The Bertz CT molecular complexity index is 2590. The SMILES string of the molecule is c1cncc(-c2ccc(-c3cc(-c4ccc(-c5cccc6cccnc56)cc4)nc(-c4ccc5c(ccc6ccccc65)c4)n3)cc2)c1. The van der Waals surface area contributed by atoms with Gasteiger partial charge in [-0.2, -0.15) is 0 Å². The number of pyridine rings is 2. The van der Waals surface area contributed by atoms with E-state index in [1.807, 2.05) is 24.5 Å². The number of para-hydroxylation sites is 1. The van der Waals surface area contributed by atoms with Crippen LogP contribution in [0.2, 0.25) is 0 Å². The molecule has 0 atom stereocenters. The average molecular weight is 613 g/mol. The highest BCUT2D eigenvalue weighted by Crippen LogP contribution is 2.34. The molecule has 4 heteroatoms. The second-order valence-electron chi connectivity index (χ2n) is 12.0. The summed E-state index contributed by atoms with van der Waals surface area (Å²) >= 11 is 0. The Balaban J connectivity index is 1.16. The maximum atomic E-state index is 5.15. The van der Waals surface area contributed by atoms with Crippen LogP contribution in [0.15, 0.2) is 170 Å². The van der Waals surface area contributed by atoms with Crippen LogP contribution in [0, 0.1) is 0 Å². The molecule has 0 N–H and O–H groups in total. The van der Waals surface area contributed by atoms with Crippen LogP contribution in [-0.2, 0) is 0 Å². The smallest absolute Gasteiger partial charge is 0.160 e. The van der Waals surface area contributed by atoms with Crippen molar-refractivity contribution in [3.8, 4) is 56.2 Å². The quantitative estimate of drug-likeness (QED) is 0.181. The Kier molecular flexibility index (Phi) is 6.76. The maximum absolute atomic E-state index is 5.15. The molecular weight excluding hydrogens is 585 g/mol. The highest BCUT2D eigenvalue weighted by molar-refractivity contribution is 6.08. The molecule has 0 aliphatic rings. The first-order valence-corrected chi connectivity index (χ1v) is 16.0. The van der Waals surface area contributed by atoms with E-state index in [1.165, 1.54) is 16.2 Å². The molecule has 0 unspecified atom stereocenters. The van der Waals surface area contributed by atoms with Crippen molar-refractivity contribution in [2.45, 2.75) is 0 Å². The number of hydrogen-bond donors (Lipinski definition) is 0. The monoisotopic (exact) mass is 612 g/mol. The van der Waals surface area contributed by atoms with Gasteiger partial charge in [-0.25, -0.2) is 9.97 Å². The molecule has 0 fully saturated rings. The Labute approximate surface area is 278 Å². The van der Waals surface area contributed by atoms with Gasteiger partial charge in [0.1, 0.15) is 0 Å². The number of hydrogen-bond acceptors (Lipinski definition) is 4. The number of aromatic nitrogens is 4. The van der Waals surface area contributed by atoms with Crippen LogP contribution in [0.4, 0.5) is 0 Å². The second kappa shape index (κ2) is 11.7. The van der Waals surface area contributed by atoms with E-state index < -0.39 is 0 Å². The van der Waals surface area contributed by atoms with E-state index in [2.05, 4.69) is 149 Å². The van der Waals surface area contributed by atoms with Crippen molar-refractivity contribution in [2.75, 3.05) is 0 Å². The average Bonchev–Trinajstić information content (AvgIpc) is 3.17. The van der Waals surface area contributed by atoms with Crippen molar-refractivity contribution in [3.63, 3.8) is 0 Å². The van der Waals surface area contributed by atoms with E-state index in [9.17, 15) is 0 Å². The fourth-order valence-corrected chi connectivity index (χ4v) is 6.55. The lowest BCUT2D eigenvalue weighted by Gasteiger charge is -2.12. The van der Waals surface area contributed by atoms with Crippen molar-refractivity contribution < 1.29 is 0 Å². The summed E-state index contributed by atoms with van der Waals surface area (Å²) in [7, 11) is 0. The van der Waals surface area contributed by atoms with E-state index in [-0.39, 0.29) is 0 Å². The van der Waals surface area contributed by atoms with Crippen molar-refractivity contribution in [3.05, 3.63) is 170 Å². The molecule has 224 valence electrons. The van der Waals surface area contributed by atoms with E-state index in [0.29, 0.717) is 5.82 Å². The summed E-state index contributed by atoms with van der Waals surface area (Å²) in [5.74, 6) is 0.691. The van der Waals surface area contributed by atoms with Gasteiger partial charge < -0.3 is 0 Å². The molecule has 6 aromatic carbocycles. The minimum Gasteiger partial charge on any atom is -0.264 e. The summed E-state index contributed by atoms with van der Waals surface area (Å²) in [6, 6.07) is 53.0. The number of benzene rings is 6. The van der Waals surface area contributed by atoms with Gasteiger partial charge in [0, 0.05) is 46.2 Å². The van der Waals surface area contributed by atoms with Crippen molar-refractivity contribution in [1.29, 1.82) is 0 Å². The lowest BCUT2D eigenvalue weighted by Crippen LogP contribution is -1.96. The van der Waals surface area contributed by atoms with Gasteiger partial charge in [-0.3, -0.25) is 9.97 Å². The number of rotatable bonds is 5. The van der Waals surface area contributed by atoms with Crippen LogP contribution in [0.1, 0.15) is 0 Å².